The molecule has 2 aliphatic rings. The molecule has 1 aliphatic heterocycles. The molecule has 1 saturated heterocycles. The Morgan fingerprint density at radius 3 is 2.55 bits per heavy atom. The highest BCUT2D eigenvalue weighted by Gasteiger charge is 2.25. The van der Waals surface area contributed by atoms with Gasteiger partial charge in [-0.25, -0.2) is 4.68 Å². The molecule has 1 N–H and O–H groups in total. The smallest absolute Gasteiger partial charge is 0.275 e. The van der Waals surface area contributed by atoms with Crippen LogP contribution in [0.4, 0.5) is 5.82 Å². The van der Waals surface area contributed by atoms with Crippen LogP contribution < -0.4 is 15.8 Å². The molecule has 1 aliphatic carbocycles. The minimum atomic E-state index is -0.216. The molecular weight excluding hydrogens is 388 g/mol. The van der Waals surface area contributed by atoms with Crippen molar-refractivity contribution in [1.29, 1.82) is 0 Å². The fraction of sp³-hybridized carbons (Fsp3) is 0.400. The van der Waals surface area contributed by atoms with E-state index < -0.39 is 0 Å². The third-order valence-electron chi connectivity index (χ3n) is 6.69. The fourth-order valence-electron chi connectivity index (χ4n) is 4.86. The van der Waals surface area contributed by atoms with Crippen molar-refractivity contribution in [3.63, 3.8) is 0 Å². The average molecular weight is 417 g/mol. The van der Waals surface area contributed by atoms with Gasteiger partial charge < -0.3 is 10.2 Å². The number of benzene rings is 2. The molecular formula is C25H28N4O2. The first kappa shape index (κ1) is 19.8. The van der Waals surface area contributed by atoms with Crippen molar-refractivity contribution in [2.75, 3.05) is 18.0 Å². The Bertz CT molecular complexity index is 1180. The van der Waals surface area contributed by atoms with E-state index in [1.54, 1.807) is 0 Å². The number of aromatic nitrogens is 2. The third kappa shape index (κ3) is 3.82. The number of hydrogen-bond donors (Lipinski definition) is 1. The SMILES string of the molecule is CC1CCN(c2nn(CC(=O)N[C@@H]3CCc4ccccc43)c(=O)c3ccccc23)CC1. The van der Waals surface area contributed by atoms with Crippen LogP contribution in [0.2, 0.25) is 0 Å². The highest BCUT2D eigenvalue weighted by Crippen LogP contribution is 2.31. The van der Waals surface area contributed by atoms with Crippen LogP contribution in [0.15, 0.2) is 53.3 Å². The zero-order valence-electron chi connectivity index (χ0n) is 17.9. The van der Waals surface area contributed by atoms with Crippen molar-refractivity contribution in [1.82, 2.24) is 15.1 Å². The van der Waals surface area contributed by atoms with Crippen LogP contribution in [0.25, 0.3) is 10.8 Å². The Hall–Kier alpha value is -3.15. The quantitative estimate of drug-likeness (QED) is 0.708. The third-order valence-corrected chi connectivity index (χ3v) is 6.69. The summed E-state index contributed by atoms with van der Waals surface area (Å²) < 4.78 is 1.34. The topological polar surface area (TPSA) is 67.2 Å². The monoisotopic (exact) mass is 416 g/mol. The number of hydrogen-bond acceptors (Lipinski definition) is 4. The summed E-state index contributed by atoms with van der Waals surface area (Å²) in [6, 6.07) is 15.8. The zero-order chi connectivity index (χ0) is 21.4. The standard InChI is InChI=1S/C25H28N4O2/c1-17-12-14-28(15-13-17)24-20-8-4-5-9-21(20)25(31)29(27-24)16-23(30)26-22-11-10-18-6-2-3-7-19(18)22/h2-9,17,22H,10-16H2,1H3,(H,26,30)/t22-/m1/s1. The van der Waals surface area contributed by atoms with Crippen molar-refractivity contribution in [3.8, 4) is 0 Å². The van der Waals surface area contributed by atoms with E-state index in [1.165, 1.54) is 15.8 Å². The fourth-order valence-corrected chi connectivity index (χ4v) is 4.86. The molecule has 0 unspecified atom stereocenters. The maximum Gasteiger partial charge on any atom is 0.275 e. The largest absolute Gasteiger partial charge is 0.355 e. The van der Waals surface area contributed by atoms with E-state index in [2.05, 4.69) is 34.4 Å². The number of rotatable bonds is 4. The maximum absolute atomic E-state index is 13.1. The van der Waals surface area contributed by atoms with Gasteiger partial charge in [-0.1, -0.05) is 49.4 Å². The Labute approximate surface area is 181 Å². The average Bonchev–Trinajstić information content (AvgIpc) is 3.19. The van der Waals surface area contributed by atoms with Gasteiger partial charge in [-0.3, -0.25) is 9.59 Å². The van der Waals surface area contributed by atoms with Crippen molar-refractivity contribution >= 4 is 22.5 Å². The number of carbonyl (C=O) groups is 1. The van der Waals surface area contributed by atoms with Crippen LogP contribution >= 0.6 is 0 Å². The van der Waals surface area contributed by atoms with Gasteiger partial charge in [0, 0.05) is 18.5 Å². The number of nitrogens with zero attached hydrogens (tertiary/aromatic N) is 3. The van der Waals surface area contributed by atoms with Gasteiger partial charge in [-0.05, 0) is 48.8 Å². The minimum Gasteiger partial charge on any atom is -0.355 e. The van der Waals surface area contributed by atoms with Crippen molar-refractivity contribution in [2.45, 2.75) is 45.2 Å². The second kappa shape index (κ2) is 8.17. The van der Waals surface area contributed by atoms with Gasteiger partial charge in [0.1, 0.15) is 6.54 Å². The van der Waals surface area contributed by atoms with Gasteiger partial charge in [-0.15, -0.1) is 0 Å². The summed E-state index contributed by atoms with van der Waals surface area (Å²) in [5.41, 5.74) is 2.25. The number of aryl methyl sites for hydroxylation is 1. The van der Waals surface area contributed by atoms with Crippen LogP contribution in [0.3, 0.4) is 0 Å². The molecule has 2 heterocycles. The summed E-state index contributed by atoms with van der Waals surface area (Å²) in [6.45, 7) is 4.04. The molecule has 31 heavy (non-hydrogen) atoms. The number of nitrogens with one attached hydrogen (secondary N) is 1. The normalized spacial score (nSPS) is 18.9. The first-order valence-electron chi connectivity index (χ1n) is 11.2. The van der Waals surface area contributed by atoms with E-state index in [0.717, 1.165) is 50.0 Å². The molecule has 1 aromatic heterocycles. The second-order valence-electron chi connectivity index (χ2n) is 8.86. The minimum absolute atomic E-state index is 0.00270. The maximum atomic E-state index is 13.1. The summed E-state index contributed by atoms with van der Waals surface area (Å²) in [5, 5.41) is 9.27. The van der Waals surface area contributed by atoms with Gasteiger partial charge in [-0.2, -0.15) is 5.10 Å². The molecule has 160 valence electrons. The second-order valence-corrected chi connectivity index (χ2v) is 8.86. The van der Waals surface area contributed by atoms with Gasteiger partial charge >= 0.3 is 0 Å². The molecule has 3 aromatic rings. The summed E-state index contributed by atoms with van der Waals surface area (Å²) in [7, 11) is 0. The first-order valence-corrected chi connectivity index (χ1v) is 11.2. The molecule has 5 rings (SSSR count). The lowest BCUT2D eigenvalue weighted by atomic mass is 9.99. The van der Waals surface area contributed by atoms with E-state index in [1.807, 2.05) is 36.4 Å². The molecule has 6 heteroatoms. The van der Waals surface area contributed by atoms with E-state index in [9.17, 15) is 9.59 Å². The summed E-state index contributed by atoms with van der Waals surface area (Å²) in [5.74, 6) is 1.33. The summed E-state index contributed by atoms with van der Waals surface area (Å²) in [6.07, 6.45) is 4.07. The Morgan fingerprint density at radius 1 is 1.03 bits per heavy atom. The van der Waals surface area contributed by atoms with Crippen molar-refractivity contribution < 1.29 is 4.79 Å². The summed E-state index contributed by atoms with van der Waals surface area (Å²) >= 11 is 0. The number of amides is 1. The first-order chi connectivity index (χ1) is 15.1. The molecule has 2 aromatic carbocycles. The molecule has 6 nitrogen and oxygen atoms in total. The van der Waals surface area contributed by atoms with Gasteiger partial charge in [0.25, 0.3) is 5.56 Å². The van der Waals surface area contributed by atoms with Crippen LogP contribution in [0.1, 0.15) is 43.4 Å². The van der Waals surface area contributed by atoms with E-state index in [-0.39, 0.29) is 24.1 Å². The Balaban J connectivity index is 1.42. The van der Waals surface area contributed by atoms with E-state index in [4.69, 9.17) is 0 Å². The predicted octanol–water partition coefficient (Wildman–Crippen LogP) is 3.44. The number of carbonyl (C=O) groups excluding carboxylic acids is 1. The molecule has 0 spiro atoms. The van der Waals surface area contributed by atoms with Gasteiger partial charge in [0.05, 0.1) is 11.4 Å². The van der Waals surface area contributed by atoms with Crippen molar-refractivity contribution in [3.05, 3.63) is 70.0 Å². The highest BCUT2D eigenvalue weighted by atomic mass is 16.2. The molecule has 0 saturated carbocycles. The molecule has 0 radical (unpaired) electrons. The summed E-state index contributed by atoms with van der Waals surface area (Å²) in [4.78, 5) is 28.2. The highest BCUT2D eigenvalue weighted by molar-refractivity contribution is 5.91. The number of anilines is 1. The van der Waals surface area contributed by atoms with Crippen LogP contribution in [0, 0.1) is 5.92 Å². The van der Waals surface area contributed by atoms with E-state index >= 15 is 0 Å². The lowest BCUT2D eigenvalue weighted by Gasteiger charge is -2.32. The Morgan fingerprint density at radius 2 is 1.74 bits per heavy atom. The molecule has 0 bridgehead atoms. The Kier molecular flexibility index (Phi) is 5.22. The molecule has 1 atom stereocenters. The predicted molar refractivity (Wildman–Crippen MR) is 122 cm³/mol. The van der Waals surface area contributed by atoms with Crippen molar-refractivity contribution in [2.24, 2.45) is 5.92 Å². The number of piperidine rings is 1. The van der Waals surface area contributed by atoms with E-state index in [0.29, 0.717) is 11.3 Å². The molecule has 1 amide bonds. The van der Waals surface area contributed by atoms with Crippen LogP contribution in [0.5, 0.6) is 0 Å². The molecule has 1 fully saturated rings. The lowest BCUT2D eigenvalue weighted by molar-refractivity contribution is -0.122. The number of fused-ring (bicyclic) bond motifs is 2. The zero-order valence-corrected chi connectivity index (χ0v) is 17.9. The van der Waals surface area contributed by atoms with Gasteiger partial charge in [0.15, 0.2) is 5.82 Å². The van der Waals surface area contributed by atoms with Gasteiger partial charge in [0.2, 0.25) is 5.91 Å². The lowest BCUT2D eigenvalue weighted by Crippen LogP contribution is -2.38. The van der Waals surface area contributed by atoms with Crippen LogP contribution in [-0.2, 0) is 17.8 Å². The van der Waals surface area contributed by atoms with Crippen LogP contribution in [-0.4, -0.2) is 28.8 Å².